The van der Waals surface area contributed by atoms with Gasteiger partial charge in [0, 0.05) is 13.3 Å². The molecule has 5 atom stereocenters. The van der Waals surface area contributed by atoms with Gasteiger partial charge >= 0.3 is 17.9 Å². The normalized spacial score (nSPS) is 15.7. The average Bonchev–Trinajstić information content (AvgIpc) is 2.77. The Morgan fingerprint density at radius 3 is 1.74 bits per heavy atom. The van der Waals surface area contributed by atoms with Gasteiger partial charge in [0.25, 0.3) is 0 Å². The highest BCUT2D eigenvalue weighted by atomic mass is 35.5. The molecular formula is C21H33ClN4O11S. The largest absolute Gasteiger partial charge is 0.481 e. The predicted molar refractivity (Wildman–Crippen MR) is 134 cm³/mol. The SMILES string of the molecule is CC(=O)N[C@@H](CC(=O)O)C(=O)N[C@@H](CCC(=O)O)C(=O)N[C@H](C(=O)N[C@@H](CC(=O)O)[C@@](O)(S)CCl)C(C)C. The second-order valence-corrected chi connectivity index (χ2v) is 9.79. The minimum absolute atomic E-state index is 0.455. The lowest BCUT2D eigenvalue weighted by Crippen LogP contribution is -2.60. The quantitative estimate of drug-likeness (QED) is 0.0527. The van der Waals surface area contributed by atoms with Crippen LogP contribution in [-0.4, -0.2) is 96.9 Å². The van der Waals surface area contributed by atoms with Crippen LogP contribution in [0.2, 0.25) is 0 Å². The molecule has 4 amide bonds. The molecule has 0 aromatic carbocycles. The molecule has 8 N–H and O–H groups in total. The molecule has 0 saturated carbocycles. The summed E-state index contributed by atoms with van der Waals surface area (Å²) in [4.78, 5) is 81.1. The Morgan fingerprint density at radius 2 is 1.32 bits per heavy atom. The van der Waals surface area contributed by atoms with E-state index in [1.807, 2.05) is 0 Å². The predicted octanol–water partition coefficient (Wildman–Crippen LogP) is -1.73. The lowest BCUT2D eigenvalue weighted by molar-refractivity contribution is -0.142. The third-order valence-electron chi connectivity index (χ3n) is 5.05. The van der Waals surface area contributed by atoms with Crippen LogP contribution in [0.25, 0.3) is 0 Å². The van der Waals surface area contributed by atoms with E-state index < -0.39 is 108 Å². The van der Waals surface area contributed by atoms with E-state index in [-0.39, 0.29) is 0 Å². The molecule has 38 heavy (non-hydrogen) atoms. The molecule has 0 aliphatic carbocycles. The number of carboxylic acids is 3. The van der Waals surface area contributed by atoms with Crippen LogP contribution in [0.4, 0.5) is 0 Å². The van der Waals surface area contributed by atoms with Gasteiger partial charge in [-0.15, -0.1) is 24.2 Å². The van der Waals surface area contributed by atoms with Crippen LogP contribution in [0, 0.1) is 5.92 Å². The molecule has 0 rings (SSSR count). The van der Waals surface area contributed by atoms with Crippen LogP contribution in [0.1, 0.15) is 46.5 Å². The highest BCUT2D eigenvalue weighted by Gasteiger charge is 2.38. The van der Waals surface area contributed by atoms with Gasteiger partial charge in [0.15, 0.2) is 0 Å². The summed E-state index contributed by atoms with van der Waals surface area (Å²) in [7, 11) is 0. The molecule has 0 aromatic rings. The van der Waals surface area contributed by atoms with Crippen molar-refractivity contribution in [2.75, 3.05) is 5.88 Å². The van der Waals surface area contributed by atoms with Crippen molar-refractivity contribution in [3.05, 3.63) is 0 Å². The number of thiol groups is 1. The molecule has 0 aromatic heterocycles. The summed E-state index contributed by atoms with van der Waals surface area (Å²) in [6.07, 6.45) is -2.64. The zero-order valence-corrected chi connectivity index (χ0v) is 22.5. The van der Waals surface area contributed by atoms with E-state index in [0.717, 1.165) is 6.92 Å². The first-order valence-electron chi connectivity index (χ1n) is 11.3. The molecule has 0 aliphatic rings. The van der Waals surface area contributed by atoms with E-state index in [9.17, 15) is 38.7 Å². The number of carboxylic acid groups (broad SMARTS) is 3. The van der Waals surface area contributed by atoms with Crippen LogP contribution >= 0.6 is 24.2 Å². The lowest BCUT2D eigenvalue weighted by atomic mass is 10.00. The second kappa shape index (κ2) is 16.0. The summed E-state index contributed by atoms with van der Waals surface area (Å²) >= 11 is 9.52. The van der Waals surface area contributed by atoms with Crippen molar-refractivity contribution in [3.8, 4) is 0 Å². The first-order chi connectivity index (χ1) is 17.4. The topological polar surface area (TPSA) is 249 Å². The second-order valence-electron chi connectivity index (χ2n) is 8.75. The molecule has 0 bridgehead atoms. The third-order valence-corrected chi connectivity index (χ3v) is 6.11. The van der Waals surface area contributed by atoms with Crippen molar-refractivity contribution in [2.45, 2.75) is 75.6 Å². The van der Waals surface area contributed by atoms with Crippen molar-refractivity contribution in [2.24, 2.45) is 5.92 Å². The molecule has 15 nitrogen and oxygen atoms in total. The maximum atomic E-state index is 13.0. The van der Waals surface area contributed by atoms with Crippen molar-refractivity contribution in [1.82, 2.24) is 21.3 Å². The van der Waals surface area contributed by atoms with Gasteiger partial charge in [-0.2, -0.15) is 0 Å². The number of aliphatic hydroxyl groups is 1. The Balaban J connectivity index is 5.88. The molecular weight excluding hydrogens is 552 g/mol. The van der Waals surface area contributed by atoms with E-state index in [4.69, 9.17) is 26.9 Å². The monoisotopic (exact) mass is 584 g/mol. The molecule has 0 radical (unpaired) electrons. The fourth-order valence-corrected chi connectivity index (χ4v) is 3.43. The smallest absolute Gasteiger partial charge is 0.305 e. The Morgan fingerprint density at radius 1 is 0.789 bits per heavy atom. The molecule has 0 heterocycles. The number of amides is 4. The van der Waals surface area contributed by atoms with E-state index in [2.05, 4.69) is 33.9 Å². The number of hydrogen-bond donors (Lipinski definition) is 9. The molecule has 17 heteroatoms. The van der Waals surface area contributed by atoms with Crippen molar-refractivity contribution >= 4 is 65.8 Å². The van der Waals surface area contributed by atoms with Gasteiger partial charge in [0.1, 0.15) is 23.1 Å². The zero-order chi connectivity index (χ0) is 29.8. The lowest BCUT2D eigenvalue weighted by Gasteiger charge is -2.32. The standard InChI is InChI=1S/C21H33ClN4O11S/c1-9(2)17(20(36)25-13(7-16(32)33)21(37,38)8-22)26-18(34)11(4-5-14(28)29)24-19(35)12(6-15(30)31)23-10(3)27/h9,11-13,17,37-38H,4-8H2,1-3H3,(H,23,27)(H,24,35)(H,25,36)(H,26,34)(H,28,29)(H,30,31)(H,32,33)/t11-,12-,13-,17-,21-/m0/s1. The van der Waals surface area contributed by atoms with Crippen molar-refractivity contribution in [1.29, 1.82) is 0 Å². The number of alkyl halides is 1. The third kappa shape index (κ3) is 12.9. The molecule has 0 unspecified atom stereocenters. The first kappa shape index (κ1) is 34.9. The zero-order valence-electron chi connectivity index (χ0n) is 20.9. The molecule has 0 saturated heterocycles. The van der Waals surface area contributed by atoms with E-state index in [1.54, 1.807) is 0 Å². The summed E-state index contributed by atoms with van der Waals surface area (Å²) in [6, 6.07) is -5.96. The fourth-order valence-electron chi connectivity index (χ4n) is 3.09. The molecule has 0 aliphatic heterocycles. The summed E-state index contributed by atoms with van der Waals surface area (Å²) in [5.74, 6) is -9.06. The Hall–Kier alpha value is -3.11. The number of rotatable bonds is 17. The van der Waals surface area contributed by atoms with Crippen LogP contribution < -0.4 is 21.3 Å². The van der Waals surface area contributed by atoms with Crippen LogP contribution in [0.15, 0.2) is 0 Å². The molecule has 0 fully saturated rings. The van der Waals surface area contributed by atoms with Crippen molar-refractivity contribution < 1.29 is 54.0 Å². The van der Waals surface area contributed by atoms with E-state index in [0.29, 0.717) is 0 Å². The van der Waals surface area contributed by atoms with Gasteiger partial charge in [-0.25, -0.2) is 0 Å². The summed E-state index contributed by atoms with van der Waals surface area (Å²) in [5, 5.41) is 46.3. The summed E-state index contributed by atoms with van der Waals surface area (Å²) in [5.41, 5.74) is 0. The fraction of sp³-hybridized carbons (Fsp3) is 0.667. The van der Waals surface area contributed by atoms with Crippen LogP contribution in [0.5, 0.6) is 0 Å². The number of halogens is 1. The van der Waals surface area contributed by atoms with Crippen molar-refractivity contribution in [3.63, 3.8) is 0 Å². The Labute approximate surface area is 228 Å². The first-order valence-corrected chi connectivity index (χ1v) is 12.2. The minimum atomic E-state index is -2.12. The highest BCUT2D eigenvalue weighted by molar-refractivity contribution is 7.81. The van der Waals surface area contributed by atoms with E-state index >= 15 is 0 Å². The van der Waals surface area contributed by atoms with Gasteiger partial charge < -0.3 is 41.7 Å². The van der Waals surface area contributed by atoms with Crippen LogP contribution in [-0.2, 0) is 33.6 Å². The van der Waals surface area contributed by atoms with Gasteiger partial charge in [0.05, 0.1) is 24.8 Å². The van der Waals surface area contributed by atoms with Gasteiger partial charge in [-0.1, -0.05) is 13.8 Å². The number of nitrogens with one attached hydrogen (secondary N) is 4. The maximum Gasteiger partial charge on any atom is 0.305 e. The minimum Gasteiger partial charge on any atom is -0.481 e. The van der Waals surface area contributed by atoms with Crippen LogP contribution in [0.3, 0.4) is 0 Å². The van der Waals surface area contributed by atoms with Gasteiger partial charge in [-0.3, -0.25) is 33.6 Å². The highest BCUT2D eigenvalue weighted by Crippen LogP contribution is 2.21. The van der Waals surface area contributed by atoms with Gasteiger partial charge in [-0.05, 0) is 12.3 Å². The number of carbonyl (C=O) groups is 7. The number of aliphatic carboxylic acids is 3. The average molecular weight is 585 g/mol. The van der Waals surface area contributed by atoms with Gasteiger partial charge in [0.2, 0.25) is 23.6 Å². The number of carbonyl (C=O) groups excluding carboxylic acids is 4. The Bertz CT molecular complexity index is 900. The molecule has 0 spiro atoms. The molecule has 216 valence electrons. The van der Waals surface area contributed by atoms with E-state index in [1.165, 1.54) is 13.8 Å². The summed E-state index contributed by atoms with van der Waals surface area (Å²) in [6.45, 7) is 4.09. The summed E-state index contributed by atoms with van der Waals surface area (Å²) < 4.78 is 0. The number of hydrogen-bond acceptors (Lipinski definition) is 9. The maximum absolute atomic E-state index is 13.0. The Kier molecular flexibility index (Phi) is 14.7.